The SMILES string of the molecule is Cc1ccc(-n2nc(C(C)(C)N)c(=O)cc2C)cc1C. The highest BCUT2D eigenvalue weighted by Crippen LogP contribution is 2.16. The average molecular weight is 271 g/mol. The summed E-state index contributed by atoms with van der Waals surface area (Å²) in [6.07, 6.45) is 0. The molecule has 0 fully saturated rings. The van der Waals surface area contributed by atoms with Gasteiger partial charge in [-0.25, -0.2) is 4.68 Å². The van der Waals surface area contributed by atoms with E-state index in [9.17, 15) is 4.79 Å². The van der Waals surface area contributed by atoms with Crippen molar-refractivity contribution in [2.24, 2.45) is 5.73 Å². The Morgan fingerprint density at radius 2 is 1.75 bits per heavy atom. The van der Waals surface area contributed by atoms with Gasteiger partial charge in [0.2, 0.25) is 5.43 Å². The molecule has 1 heterocycles. The topological polar surface area (TPSA) is 60.9 Å². The first-order valence-electron chi connectivity index (χ1n) is 6.68. The largest absolute Gasteiger partial charge is 0.320 e. The molecule has 0 bridgehead atoms. The van der Waals surface area contributed by atoms with Crippen molar-refractivity contribution in [2.75, 3.05) is 0 Å². The molecule has 1 aromatic carbocycles. The van der Waals surface area contributed by atoms with Crippen molar-refractivity contribution >= 4 is 0 Å². The van der Waals surface area contributed by atoms with E-state index in [4.69, 9.17) is 5.73 Å². The van der Waals surface area contributed by atoms with Crippen LogP contribution in [0.3, 0.4) is 0 Å². The Bertz CT molecular complexity index is 709. The summed E-state index contributed by atoms with van der Waals surface area (Å²) < 4.78 is 1.78. The number of nitrogens with zero attached hydrogens (tertiary/aromatic N) is 2. The molecule has 106 valence electrons. The van der Waals surface area contributed by atoms with Crippen LogP contribution >= 0.6 is 0 Å². The molecule has 0 aliphatic carbocycles. The third-order valence-corrected chi connectivity index (χ3v) is 3.45. The number of nitrogens with two attached hydrogens (primary N) is 1. The Kier molecular flexibility index (Phi) is 3.52. The quantitative estimate of drug-likeness (QED) is 0.912. The molecule has 0 aliphatic heterocycles. The highest BCUT2D eigenvalue weighted by molar-refractivity contribution is 5.40. The van der Waals surface area contributed by atoms with Gasteiger partial charge in [0.15, 0.2) is 0 Å². The fraction of sp³-hybridized carbons (Fsp3) is 0.375. The molecule has 2 rings (SSSR count). The summed E-state index contributed by atoms with van der Waals surface area (Å²) in [5, 5.41) is 4.46. The van der Waals surface area contributed by atoms with Gasteiger partial charge in [0.05, 0.1) is 11.2 Å². The molecule has 0 aliphatic rings. The van der Waals surface area contributed by atoms with Gasteiger partial charge < -0.3 is 5.73 Å². The van der Waals surface area contributed by atoms with Crippen LogP contribution in [-0.2, 0) is 5.54 Å². The highest BCUT2D eigenvalue weighted by atomic mass is 16.1. The van der Waals surface area contributed by atoms with Gasteiger partial charge in [0.1, 0.15) is 5.69 Å². The first kappa shape index (κ1) is 14.5. The number of hydrogen-bond acceptors (Lipinski definition) is 3. The van der Waals surface area contributed by atoms with E-state index >= 15 is 0 Å². The monoisotopic (exact) mass is 271 g/mol. The van der Waals surface area contributed by atoms with E-state index in [2.05, 4.69) is 31.1 Å². The molecule has 4 nitrogen and oxygen atoms in total. The third-order valence-electron chi connectivity index (χ3n) is 3.45. The second-order valence-electron chi connectivity index (χ2n) is 5.90. The maximum Gasteiger partial charge on any atom is 0.205 e. The fourth-order valence-electron chi connectivity index (χ4n) is 2.11. The van der Waals surface area contributed by atoms with Crippen LogP contribution in [0.15, 0.2) is 29.1 Å². The molecule has 0 saturated heterocycles. The zero-order valence-corrected chi connectivity index (χ0v) is 12.7. The Morgan fingerprint density at radius 3 is 2.30 bits per heavy atom. The lowest BCUT2D eigenvalue weighted by atomic mass is 10.0. The van der Waals surface area contributed by atoms with Crippen molar-refractivity contribution in [3.8, 4) is 5.69 Å². The average Bonchev–Trinajstić information content (AvgIpc) is 2.31. The summed E-state index contributed by atoms with van der Waals surface area (Å²) in [6, 6.07) is 7.70. The van der Waals surface area contributed by atoms with E-state index in [1.807, 2.05) is 13.0 Å². The van der Waals surface area contributed by atoms with Crippen LogP contribution in [0.2, 0.25) is 0 Å². The maximum atomic E-state index is 12.0. The summed E-state index contributed by atoms with van der Waals surface area (Å²) in [6.45, 7) is 9.58. The van der Waals surface area contributed by atoms with Crippen molar-refractivity contribution < 1.29 is 0 Å². The first-order valence-corrected chi connectivity index (χ1v) is 6.68. The Hall–Kier alpha value is -1.94. The Labute approximate surface area is 119 Å². The molecule has 0 spiro atoms. The summed E-state index contributed by atoms with van der Waals surface area (Å²) in [5.74, 6) is 0. The van der Waals surface area contributed by atoms with Crippen molar-refractivity contribution in [2.45, 2.75) is 40.2 Å². The van der Waals surface area contributed by atoms with Gasteiger partial charge in [-0.1, -0.05) is 6.07 Å². The van der Waals surface area contributed by atoms with Gasteiger partial charge in [0, 0.05) is 11.8 Å². The van der Waals surface area contributed by atoms with E-state index in [1.54, 1.807) is 24.6 Å². The zero-order valence-electron chi connectivity index (χ0n) is 12.7. The summed E-state index contributed by atoms with van der Waals surface area (Å²) in [4.78, 5) is 12.0. The van der Waals surface area contributed by atoms with E-state index in [0.29, 0.717) is 5.69 Å². The van der Waals surface area contributed by atoms with E-state index < -0.39 is 5.54 Å². The van der Waals surface area contributed by atoms with E-state index in [-0.39, 0.29) is 5.43 Å². The Balaban J connectivity index is 2.68. The molecular weight excluding hydrogens is 250 g/mol. The predicted molar refractivity (Wildman–Crippen MR) is 81.3 cm³/mol. The van der Waals surface area contributed by atoms with Crippen LogP contribution in [0.5, 0.6) is 0 Å². The number of benzene rings is 1. The molecule has 1 aromatic heterocycles. The molecule has 0 radical (unpaired) electrons. The fourth-order valence-corrected chi connectivity index (χ4v) is 2.11. The minimum absolute atomic E-state index is 0.116. The summed E-state index contributed by atoms with van der Waals surface area (Å²) in [7, 11) is 0. The number of aryl methyl sites for hydroxylation is 3. The molecule has 0 atom stereocenters. The van der Waals surface area contributed by atoms with Crippen LogP contribution in [0.4, 0.5) is 0 Å². The molecule has 20 heavy (non-hydrogen) atoms. The molecule has 2 aromatic rings. The van der Waals surface area contributed by atoms with Gasteiger partial charge in [0.25, 0.3) is 0 Å². The second-order valence-corrected chi connectivity index (χ2v) is 5.90. The first-order chi connectivity index (χ1) is 9.20. The van der Waals surface area contributed by atoms with Crippen LogP contribution in [0.25, 0.3) is 5.69 Å². The van der Waals surface area contributed by atoms with E-state index in [0.717, 1.165) is 11.4 Å². The standard InChI is InChI=1S/C16H21N3O/c1-10-6-7-13(8-11(10)2)19-12(3)9-14(20)15(18-19)16(4,5)17/h6-9H,17H2,1-5H3. The molecule has 0 saturated carbocycles. The van der Waals surface area contributed by atoms with Gasteiger partial charge in [-0.3, -0.25) is 4.79 Å². The van der Waals surface area contributed by atoms with Crippen molar-refractivity contribution in [3.63, 3.8) is 0 Å². The highest BCUT2D eigenvalue weighted by Gasteiger charge is 2.21. The normalized spacial score (nSPS) is 11.7. The smallest absolute Gasteiger partial charge is 0.205 e. The summed E-state index contributed by atoms with van der Waals surface area (Å²) in [5.41, 5.74) is 9.69. The van der Waals surface area contributed by atoms with E-state index in [1.165, 1.54) is 11.1 Å². The number of rotatable bonds is 2. The van der Waals surface area contributed by atoms with Gasteiger partial charge >= 0.3 is 0 Å². The van der Waals surface area contributed by atoms with Gasteiger partial charge in [-0.15, -0.1) is 0 Å². The van der Waals surface area contributed by atoms with Crippen LogP contribution in [-0.4, -0.2) is 9.78 Å². The lowest BCUT2D eigenvalue weighted by Gasteiger charge is -2.20. The lowest BCUT2D eigenvalue weighted by Crippen LogP contribution is -2.37. The van der Waals surface area contributed by atoms with Crippen molar-refractivity contribution in [1.82, 2.24) is 9.78 Å². The van der Waals surface area contributed by atoms with Gasteiger partial charge in [-0.05, 0) is 57.9 Å². The van der Waals surface area contributed by atoms with Gasteiger partial charge in [-0.2, -0.15) is 5.10 Å². The van der Waals surface area contributed by atoms with Crippen LogP contribution < -0.4 is 11.2 Å². The number of aromatic nitrogens is 2. The zero-order chi connectivity index (χ0) is 15.1. The van der Waals surface area contributed by atoms with Crippen LogP contribution in [0, 0.1) is 20.8 Å². The minimum atomic E-state index is -0.758. The number of hydrogen-bond donors (Lipinski definition) is 1. The Morgan fingerprint density at radius 1 is 1.10 bits per heavy atom. The third kappa shape index (κ3) is 2.65. The molecule has 2 N–H and O–H groups in total. The molecular formula is C16H21N3O. The van der Waals surface area contributed by atoms with Crippen molar-refractivity contribution in [1.29, 1.82) is 0 Å². The predicted octanol–water partition coefficient (Wildman–Crippen LogP) is 2.35. The second kappa shape index (κ2) is 4.87. The molecule has 4 heteroatoms. The maximum absolute atomic E-state index is 12.0. The van der Waals surface area contributed by atoms with Crippen molar-refractivity contribution in [3.05, 3.63) is 57.0 Å². The van der Waals surface area contributed by atoms with Crippen LogP contribution in [0.1, 0.15) is 36.4 Å². The molecule has 0 unspecified atom stereocenters. The molecule has 0 amide bonds. The summed E-state index contributed by atoms with van der Waals surface area (Å²) >= 11 is 0. The minimum Gasteiger partial charge on any atom is -0.320 e. The lowest BCUT2D eigenvalue weighted by molar-refractivity contribution is 0.510.